The van der Waals surface area contributed by atoms with E-state index < -0.39 is 5.60 Å². The van der Waals surface area contributed by atoms with Crippen molar-refractivity contribution in [3.05, 3.63) is 42.2 Å². The van der Waals surface area contributed by atoms with Crippen molar-refractivity contribution in [3.8, 4) is 5.69 Å². The van der Waals surface area contributed by atoms with E-state index in [0.29, 0.717) is 31.2 Å². The minimum absolute atomic E-state index is 0.202. The Morgan fingerprint density at radius 3 is 2.64 bits per heavy atom. The fourth-order valence-corrected chi connectivity index (χ4v) is 3.03. The Morgan fingerprint density at radius 2 is 1.92 bits per heavy atom. The summed E-state index contributed by atoms with van der Waals surface area (Å²) >= 11 is 0. The number of benzene rings is 1. The quantitative estimate of drug-likeness (QED) is 0.754. The number of anilines is 1. The van der Waals surface area contributed by atoms with E-state index >= 15 is 0 Å². The fourth-order valence-electron chi connectivity index (χ4n) is 3.03. The third-order valence-electron chi connectivity index (χ3n) is 4.50. The number of tetrazole rings is 1. The Kier molecular flexibility index (Phi) is 3.72. The van der Waals surface area contributed by atoms with Gasteiger partial charge in [0.1, 0.15) is 11.3 Å². The normalized spacial score (nSPS) is 20.6. The molecule has 1 atom stereocenters. The second kappa shape index (κ2) is 5.92. The maximum absolute atomic E-state index is 11.1. The Labute approximate surface area is 144 Å². The molecule has 0 saturated carbocycles. The summed E-state index contributed by atoms with van der Waals surface area (Å²) in [6, 6.07) is 9.90. The first-order valence-corrected chi connectivity index (χ1v) is 8.30. The predicted molar refractivity (Wildman–Crippen MR) is 90.3 cm³/mol. The first-order chi connectivity index (χ1) is 12.1. The van der Waals surface area contributed by atoms with Gasteiger partial charge in [-0.1, -0.05) is 28.5 Å². The molecule has 1 aliphatic rings. The van der Waals surface area contributed by atoms with Crippen molar-refractivity contribution in [1.29, 1.82) is 0 Å². The fraction of sp³-hybridized carbons (Fsp3) is 0.438. The number of aromatic nitrogens is 7. The van der Waals surface area contributed by atoms with Gasteiger partial charge in [-0.25, -0.2) is 4.68 Å². The smallest absolute Gasteiger partial charge is 0.250 e. The molecule has 0 aliphatic carbocycles. The molecule has 130 valence electrons. The lowest BCUT2D eigenvalue weighted by molar-refractivity contribution is 0.0558. The summed E-state index contributed by atoms with van der Waals surface area (Å²) < 4.78 is 3.43. The topological polar surface area (TPSA) is 97.8 Å². The highest BCUT2D eigenvalue weighted by Gasteiger charge is 2.42. The van der Waals surface area contributed by atoms with Crippen LogP contribution in [-0.2, 0) is 5.60 Å². The molecule has 1 aromatic carbocycles. The maximum Gasteiger partial charge on any atom is 0.250 e. The minimum Gasteiger partial charge on any atom is -0.381 e. The second-order valence-electron chi connectivity index (χ2n) is 6.61. The monoisotopic (exact) mass is 340 g/mol. The molecule has 1 aliphatic heterocycles. The van der Waals surface area contributed by atoms with Crippen LogP contribution in [0.25, 0.3) is 5.69 Å². The number of β-amino-alcohol motifs (C(OH)–C–C–N with tert-alkyl or cyclic N) is 1. The third kappa shape index (κ3) is 2.76. The standard InChI is InChI=1S/C16H20N8O/c1-12(2)23-10-14(17-20-23)16(25)8-9-22(11-16)15-18-19-21-24(15)13-6-4-3-5-7-13/h3-7,10,12,25H,8-9,11H2,1-2H3. The molecule has 25 heavy (non-hydrogen) atoms. The van der Waals surface area contributed by atoms with E-state index in [1.165, 1.54) is 0 Å². The summed E-state index contributed by atoms with van der Waals surface area (Å²) in [6.07, 6.45) is 2.36. The zero-order valence-corrected chi connectivity index (χ0v) is 14.2. The van der Waals surface area contributed by atoms with Crippen LogP contribution < -0.4 is 4.90 Å². The highest BCUT2D eigenvalue weighted by atomic mass is 16.3. The van der Waals surface area contributed by atoms with Crippen molar-refractivity contribution in [2.75, 3.05) is 18.0 Å². The molecule has 0 bridgehead atoms. The van der Waals surface area contributed by atoms with Crippen molar-refractivity contribution < 1.29 is 5.11 Å². The zero-order chi connectivity index (χ0) is 17.4. The Morgan fingerprint density at radius 1 is 1.12 bits per heavy atom. The Bertz CT molecular complexity index is 858. The molecule has 1 fully saturated rings. The van der Waals surface area contributed by atoms with E-state index in [0.717, 1.165) is 5.69 Å². The lowest BCUT2D eigenvalue weighted by Crippen LogP contribution is -2.32. The first-order valence-electron chi connectivity index (χ1n) is 8.30. The van der Waals surface area contributed by atoms with Gasteiger partial charge in [-0.15, -0.1) is 5.10 Å². The van der Waals surface area contributed by atoms with Crippen LogP contribution in [-0.4, -0.2) is 53.4 Å². The number of hydrogen-bond acceptors (Lipinski definition) is 7. The summed E-state index contributed by atoms with van der Waals surface area (Å²) in [4.78, 5) is 1.97. The summed E-state index contributed by atoms with van der Waals surface area (Å²) in [5.41, 5.74) is 0.409. The summed E-state index contributed by atoms with van der Waals surface area (Å²) in [6.45, 7) is 5.06. The minimum atomic E-state index is -1.05. The average molecular weight is 340 g/mol. The number of nitrogens with zero attached hydrogens (tertiary/aromatic N) is 8. The van der Waals surface area contributed by atoms with Crippen molar-refractivity contribution in [2.45, 2.75) is 31.9 Å². The molecule has 1 saturated heterocycles. The Hall–Kier alpha value is -2.81. The van der Waals surface area contributed by atoms with Crippen LogP contribution in [0.4, 0.5) is 5.95 Å². The van der Waals surface area contributed by atoms with E-state index in [-0.39, 0.29) is 6.04 Å². The zero-order valence-electron chi connectivity index (χ0n) is 14.2. The van der Waals surface area contributed by atoms with Gasteiger partial charge < -0.3 is 10.0 Å². The second-order valence-corrected chi connectivity index (χ2v) is 6.61. The van der Waals surface area contributed by atoms with Crippen LogP contribution in [0.3, 0.4) is 0 Å². The van der Waals surface area contributed by atoms with Crippen molar-refractivity contribution in [3.63, 3.8) is 0 Å². The first kappa shape index (κ1) is 15.7. The van der Waals surface area contributed by atoms with Crippen LogP contribution in [0.1, 0.15) is 32.0 Å². The molecule has 0 radical (unpaired) electrons. The van der Waals surface area contributed by atoms with Crippen LogP contribution in [0.15, 0.2) is 36.5 Å². The van der Waals surface area contributed by atoms with E-state index in [1.54, 1.807) is 9.36 Å². The number of rotatable bonds is 4. The lowest BCUT2D eigenvalue weighted by atomic mass is 10.00. The van der Waals surface area contributed by atoms with Gasteiger partial charge in [0.15, 0.2) is 0 Å². The van der Waals surface area contributed by atoms with Gasteiger partial charge in [0.05, 0.1) is 18.4 Å². The highest BCUT2D eigenvalue weighted by molar-refractivity contribution is 5.42. The van der Waals surface area contributed by atoms with Crippen LogP contribution in [0.2, 0.25) is 0 Å². The van der Waals surface area contributed by atoms with Gasteiger partial charge >= 0.3 is 0 Å². The molecule has 1 unspecified atom stereocenters. The largest absolute Gasteiger partial charge is 0.381 e. The van der Waals surface area contributed by atoms with E-state index in [4.69, 9.17) is 0 Å². The van der Waals surface area contributed by atoms with Crippen LogP contribution in [0.5, 0.6) is 0 Å². The lowest BCUT2D eigenvalue weighted by Gasteiger charge is -2.21. The van der Waals surface area contributed by atoms with E-state index in [2.05, 4.69) is 25.8 Å². The van der Waals surface area contributed by atoms with E-state index in [9.17, 15) is 5.11 Å². The maximum atomic E-state index is 11.1. The molecule has 1 N–H and O–H groups in total. The third-order valence-corrected chi connectivity index (χ3v) is 4.50. The molecule has 9 heteroatoms. The summed E-state index contributed by atoms with van der Waals surface area (Å²) in [7, 11) is 0. The van der Waals surface area contributed by atoms with Gasteiger partial charge in [0.2, 0.25) is 5.95 Å². The molecular formula is C16H20N8O. The van der Waals surface area contributed by atoms with Gasteiger partial charge in [0.25, 0.3) is 0 Å². The van der Waals surface area contributed by atoms with Gasteiger partial charge in [-0.2, -0.15) is 4.68 Å². The Balaban J connectivity index is 1.60. The molecule has 3 aromatic rings. The van der Waals surface area contributed by atoms with Gasteiger partial charge in [0, 0.05) is 19.0 Å². The average Bonchev–Trinajstić information content (AvgIpc) is 3.35. The molecule has 3 heterocycles. The van der Waals surface area contributed by atoms with Gasteiger partial charge in [-0.3, -0.25) is 0 Å². The van der Waals surface area contributed by atoms with Crippen molar-refractivity contribution >= 4 is 5.95 Å². The highest BCUT2D eigenvalue weighted by Crippen LogP contribution is 2.33. The number of para-hydroxylation sites is 1. The SMILES string of the molecule is CC(C)n1cc(C2(O)CCN(c3nnnn3-c3ccccc3)C2)nn1. The van der Waals surface area contributed by atoms with Crippen LogP contribution >= 0.6 is 0 Å². The molecule has 2 aromatic heterocycles. The number of aliphatic hydroxyl groups is 1. The molecular weight excluding hydrogens is 320 g/mol. The summed E-state index contributed by atoms with van der Waals surface area (Å²) in [5.74, 6) is 0.610. The molecule has 9 nitrogen and oxygen atoms in total. The van der Waals surface area contributed by atoms with Crippen LogP contribution in [0, 0.1) is 0 Å². The van der Waals surface area contributed by atoms with E-state index in [1.807, 2.05) is 55.3 Å². The molecule has 0 amide bonds. The predicted octanol–water partition coefficient (Wildman–Crippen LogP) is 0.933. The van der Waals surface area contributed by atoms with Gasteiger partial charge in [-0.05, 0) is 36.4 Å². The van der Waals surface area contributed by atoms with Crippen molar-refractivity contribution in [1.82, 2.24) is 35.2 Å². The number of hydrogen-bond donors (Lipinski definition) is 1. The van der Waals surface area contributed by atoms with Crippen molar-refractivity contribution in [2.24, 2.45) is 0 Å². The molecule has 0 spiro atoms. The molecule has 4 rings (SSSR count). The summed E-state index contributed by atoms with van der Waals surface area (Å²) in [5, 5.41) is 31.3.